The van der Waals surface area contributed by atoms with Gasteiger partial charge in [-0.1, -0.05) is 18.2 Å². The maximum atomic E-state index is 11.5. The number of nitrogens with zero attached hydrogens (tertiary/aromatic N) is 1. The van der Waals surface area contributed by atoms with Crippen LogP contribution in [0.3, 0.4) is 0 Å². The van der Waals surface area contributed by atoms with Gasteiger partial charge in [0.05, 0.1) is 5.52 Å². The molecule has 1 atom stereocenters. The summed E-state index contributed by atoms with van der Waals surface area (Å²) in [6.07, 6.45) is -2.40. The molecule has 3 rings (SSSR count). The number of halogens is 3. The van der Waals surface area contributed by atoms with Crippen LogP contribution in [0, 0.1) is 13.8 Å². The zero-order valence-corrected chi connectivity index (χ0v) is 15.6. The van der Waals surface area contributed by atoms with Crippen LogP contribution in [0.5, 0.6) is 0 Å². The van der Waals surface area contributed by atoms with Crippen LogP contribution in [0.4, 0.5) is 18.9 Å². The molecule has 1 saturated heterocycles. The lowest BCUT2D eigenvalue weighted by atomic mass is 10.0. The molecule has 0 aliphatic carbocycles. The van der Waals surface area contributed by atoms with Gasteiger partial charge in [0.25, 0.3) is 0 Å². The molecule has 0 spiro atoms. The summed E-state index contributed by atoms with van der Waals surface area (Å²) in [5, 5.41) is 14.9. The minimum absolute atomic E-state index is 0.167. The van der Waals surface area contributed by atoms with Crippen LogP contribution in [0.1, 0.15) is 30.5 Å². The van der Waals surface area contributed by atoms with Crippen LogP contribution in [0.2, 0.25) is 0 Å². The summed E-state index contributed by atoms with van der Waals surface area (Å²) in [6, 6.07) is 8.39. The Morgan fingerprint density at radius 1 is 1.32 bits per heavy atom. The minimum atomic E-state index is -5.08. The van der Waals surface area contributed by atoms with Gasteiger partial charge in [-0.2, -0.15) is 13.2 Å². The predicted octanol–water partition coefficient (Wildman–Crippen LogP) is 3.57. The van der Waals surface area contributed by atoms with Crippen LogP contribution >= 0.6 is 0 Å². The molecule has 9 heteroatoms. The zero-order chi connectivity index (χ0) is 20.9. The number of aliphatic carboxylic acids is 1. The second kappa shape index (κ2) is 8.90. The summed E-state index contributed by atoms with van der Waals surface area (Å²) in [7, 11) is 0. The fourth-order valence-electron chi connectivity index (χ4n) is 2.92. The van der Waals surface area contributed by atoms with E-state index in [4.69, 9.17) is 9.90 Å². The van der Waals surface area contributed by atoms with Gasteiger partial charge in [-0.15, -0.1) is 0 Å². The number of carboxylic acids is 1. The van der Waals surface area contributed by atoms with E-state index in [9.17, 15) is 18.0 Å². The number of nitrogens with one attached hydrogen (secondary N) is 2. The number of alkyl halides is 3. The highest BCUT2D eigenvalue weighted by Crippen LogP contribution is 2.27. The van der Waals surface area contributed by atoms with E-state index < -0.39 is 12.1 Å². The van der Waals surface area contributed by atoms with Crippen molar-refractivity contribution in [3.05, 3.63) is 35.5 Å². The zero-order valence-electron chi connectivity index (χ0n) is 15.6. The fourth-order valence-corrected chi connectivity index (χ4v) is 2.92. The first-order valence-corrected chi connectivity index (χ1v) is 8.79. The molecule has 1 fully saturated rings. The maximum absolute atomic E-state index is 11.5. The van der Waals surface area contributed by atoms with Gasteiger partial charge in [-0.05, 0) is 38.3 Å². The molecule has 1 amide bonds. The van der Waals surface area contributed by atoms with Gasteiger partial charge in [-0.3, -0.25) is 9.78 Å². The largest absolute Gasteiger partial charge is 0.490 e. The van der Waals surface area contributed by atoms with Crippen LogP contribution in [-0.2, 0) is 9.59 Å². The molecule has 2 aromatic rings. The summed E-state index contributed by atoms with van der Waals surface area (Å²) in [4.78, 5) is 25.0. The number of aryl methyl sites for hydroxylation is 1. The van der Waals surface area contributed by atoms with Gasteiger partial charge in [0, 0.05) is 35.8 Å². The highest BCUT2D eigenvalue weighted by Gasteiger charge is 2.38. The molecule has 1 aromatic heterocycles. The minimum Gasteiger partial charge on any atom is -0.475 e. The normalized spacial score (nSPS) is 16.8. The Morgan fingerprint density at radius 2 is 1.96 bits per heavy atom. The number of carbonyl (C=O) groups excluding carboxylic acids is 1. The van der Waals surface area contributed by atoms with Gasteiger partial charge in [0.15, 0.2) is 0 Å². The Bertz CT molecular complexity index is 869. The summed E-state index contributed by atoms with van der Waals surface area (Å²) in [5.41, 5.74) is 4.37. The third-order valence-corrected chi connectivity index (χ3v) is 4.47. The lowest BCUT2D eigenvalue weighted by molar-refractivity contribution is -0.192. The standard InChI is InChI=1S/C17H21N3O.C2HF3O2/c1-11-12(2)19-15-8-4-3-7-14(15)17(11)18-10-13-6-5-9-16(21)20-13;3-2(4,5)1(6)7/h3-4,7-8,13H,5-6,9-10H2,1-2H3,(H,18,19)(H,20,21);(H,6,7)/t13-;/m1./s1. The number of carbonyl (C=O) groups is 2. The Morgan fingerprint density at radius 3 is 2.57 bits per heavy atom. The number of amides is 1. The SMILES string of the molecule is Cc1nc2ccccc2c(NC[C@H]2CCCC(=O)N2)c1C.O=C(O)C(F)(F)F. The average Bonchev–Trinajstić information content (AvgIpc) is 2.62. The molecule has 1 aliphatic rings. The van der Waals surface area contributed by atoms with E-state index in [1.54, 1.807) is 0 Å². The highest BCUT2D eigenvalue weighted by molar-refractivity contribution is 5.93. The number of para-hydroxylation sites is 1. The van der Waals surface area contributed by atoms with E-state index >= 15 is 0 Å². The smallest absolute Gasteiger partial charge is 0.475 e. The van der Waals surface area contributed by atoms with Crippen molar-refractivity contribution in [2.45, 2.75) is 45.3 Å². The molecule has 1 aromatic carbocycles. The number of carboxylic acid groups (broad SMARTS) is 1. The number of hydrogen-bond donors (Lipinski definition) is 3. The average molecular weight is 397 g/mol. The Hall–Kier alpha value is -2.84. The monoisotopic (exact) mass is 397 g/mol. The first-order valence-electron chi connectivity index (χ1n) is 8.79. The van der Waals surface area contributed by atoms with Crippen molar-refractivity contribution < 1.29 is 27.9 Å². The molecule has 152 valence electrons. The molecular weight excluding hydrogens is 375 g/mol. The molecule has 2 heterocycles. The van der Waals surface area contributed by atoms with Crippen LogP contribution in [-0.4, -0.2) is 40.7 Å². The van der Waals surface area contributed by atoms with Crippen molar-refractivity contribution in [1.29, 1.82) is 0 Å². The van der Waals surface area contributed by atoms with Gasteiger partial charge >= 0.3 is 12.1 Å². The lowest BCUT2D eigenvalue weighted by Crippen LogP contribution is -2.42. The third kappa shape index (κ3) is 5.58. The van der Waals surface area contributed by atoms with Crippen molar-refractivity contribution >= 4 is 28.5 Å². The maximum Gasteiger partial charge on any atom is 0.490 e. The lowest BCUT2D eigenvalue weighted by Gasteiger charge is -2.25. The molecule has 0 unspecified atom stereocenters. The van der Waals surface area contributed by atoms with E-state index in [2.05, 4.69) is 28.6 Å². The number of benzene rings is 1. The summed E-state index contributed by atoms with van der Waals surface area (Å²) >= 11 is 0. The number of piperidine rings is 1. The second-order valence-corrected chi connectivity index (χ2v) is 6.55. The topological polar surface area (TPSA) is 91.3 Å². The number of fused-ring (bicyclic) bond motifs is 1. The molecule has 3 N–H and O–H groups in total. The van der Waals surface area contributed by atoms with Crippen molar-refractivity contribution in [1.82, 2.24) is 10.3 Å². The van der Waals surface area contributed by atoms with E-state index in [-0.39, 0.29) is 11.9 Å². The quantitative estimate of drug-likeness (QED) is 0.737. The van der Waals surface area contributed by atoms with E-state index in [0.717, 1.165) is 41.7 Å². The van der Waals surface area contributed by atoms with E-state index in [1.165, 1.54) is 5.56 Å². The predicted molar refractivity (Wildman–Crippen MR) is 99.2 cm³/mol. The van der Waals surface area contributed by atoms with Crippen molar-refractivity contribution in [3.63, 3.8) is 0 Å². The summed E-state index contributed by atoms with van der Waals surface area (Å²) in [6.45, 7) is 4.89. The Balaban J connectivity index is 0.000000345. The van der Waals surface area contributed by atoms with Crippen LogP contribution in [0.15, 0.2) is 24.3 Å². The first-order chi connectivity index (χ1) is 13.1. The van der Waals surface area contributed by atoms with Gasteiger partial charge in [0.1, 0.15) is 0 Å². The summed E-state index contributed by atoms with van der Waals surface area (Å²) in [5.74, 6) is -2.59. The Labute approximate surface area is 160 Å². The van der Waals surface area contributed by atoms with E-state index in [1.807, 2.05) is 25.1 Å². The van der Waals surface area contributed by atoms with Crippen molar-refractivity contribution in [3.8, 4) is 0 Å². The number of rotatable bonds is 3. The number of aromatic nitrogens is 1. The fraction of sp³-hybridized carbons (Fsp3) is 0.421. The van der Waals surface area contributed by atoms with Gasteiger partial charge in [-0.25, -0.2) is 4.79 Å². The third-order valence-electron chi connectivity index (χ3n) is 4.47. The first kappa shape index (κ1) is 21.5. The molecule has 0 saturated carbocycles. The van der Waals surface area contributed by atoms with Crippen LogP contribution < -0.4 is 10.6 Å². The molecule has 1 aliphatic heterocycles. The highest BCUT2D eigenvalue weighted by atomic mass is 19.4. The van der Waals surface area contributed by atoms with Crippen LogP contribution in [0.25, 0.3) is 10.9 Å². The number of anilines is 1. The van der Waals surface area contributed by atoms with Gasteiger partial charge < -0.3 is 15.7 Å². The molecule has 0 radical (unpaired) electrons. The molecular formula is C19H22F3N3O3. The Kier molecular flexibility index (Phi) is 6.82. The van der Waals surface area contributed by atoms with E-state index in [0.29, 0.717) is 6.42 Å². The molecule has 0 bridgehead atoms. The molecule has 28 heavy (non-hydrogen) atoms. The van der Waals surface area contributed by atoms with Crippen molar-refractivity contribution in [2.24, 2.45) is 0 Å². The second-order valence-electron chi connectivity index (χ2n) is 6.55. The number of pyridine rings is 1. The van der Waals surface area contributed by atoms with Gasteiger partial charge in [0.2, 0.25) is 5.91 Å². The number of hydrogen-bond acceptors (Lipinski definition) is 4. The summed E-state index contributed by atoms with van der Waals surface area (Å²) < 4.78 is 31.7. The van der Waals surface area contributed by atoms with Crippen molar-refractivity contribution in [2.75, 3.05) is 11.9 Å². The molecule has 6 nitrogen and oxygen atoms in total.